The third-order valence-corrected chi connectivity index (χ3v) is 3.93. The molecule has 22 heavy (non-hydrogen) atoms. The Labute approximate surface area is 141 Å². The van der Waals surface area contributed by atoms with Crippen molar-refractivity contribution in [2.24, 2.45) is 0 Å². The lowest BCUT2D eigenvalue weighted by Crippen LogP contribution is -2.31. The molecule has 0 saturated carbocycles. The van der Waals surface area contributed by atoms with Gasteiger partial charge in [-0.3, -0.25) is 0 Å². The average molecular weight is 335 g/mol. The fourth-order valence-electron chi connectivity index (χ4n) is 2.26. The van der Waals surface area contributed by atoms with E-state index >= 15 is 0 Å². The van der Waals surface area contributed by atoms with E-state index in [4.69, 9.17) is 28.6 Å². The fraction of sp³-hybridized carbons (Fsp3) is 0.235. The minimum atomic E-state index is 0.120. The molecular formula is C17H19ClN2OS. The number of ether oxygens (including phenoxy) is 1. The second-order valence-corrected chi connectivity index (χ2v) is 5.84. The molecule has 2 N–H and O–H groups in total. The largest absolute Gasteiger partial charge is 0.495 e. The van der Waals surface area contributed by atoms with Crippen LogP contribution in [0.5, 0.6) is 5.75 Å². The van der Waals surface area contributed by atoms with Crippen molar-refractivity contribution in [3.8, 4) is 5.75 Å². The molecule has 0 saturated heterocycles. The first-order chi connectivity index (χ1) is 10.5. The third kappa shape index (κ3) is 4.12. The minimum absolute atomic E-state index is 0.120. The Morgan fingerprint density at radius 2 is 1.95 bits per heavy atom. The first-order valence-corrected chi connectivity index (χ1v) is 7.76. The van der Waals surface area contributed by atoms with E-state index in [0.29, 0.717) is 15.9 Å². The van der Waals surface area contributed by atoms with Crippen LogP contribution in [0, 0.1) is 6.92 Å². The maximum Gasteiger partial charge on any atom is 0.171 e. The number of thiocarbonyl (C=S) groups is 1. The molecule has 116 valence electrons. The molecule has 2 aromatic carbocycles. The maximum atomic E-state index is 6.11. The zero-order valence-corrected chi connectivity index (χ0v) is 14.4. The average Bonchev–Trinajstić information content (AvgIpc) is 2.47. The Morgan fingerprint density at radius 1 is 1.23 bits per heavy atom. The van der Waals surface area contributed by atoms with Crippen LogP contribution in [0.4, 0.5) is 5.69 Å². The number of rotatable bonds is 4. The summed E-state index contributed by atoms with van der Waals surface area (Å²) in [4.78, 5) is 0. The molecule has 2 aromatic rings. The van der Waals surface area contributed by atoms with Crippen molar-refractivity contribution in [3.63, 3.8) is 0 Å². The van der Waals surface area contributed by atoms with Gasteiger partial charge in [0.05, 0.1) is 18.2 Å². The smallest absolute Gasteiger partial charge is 0.171 e. The van der Waals surface area contributed by atoms with Gasteiger partial charge in [0.2, 0.25) is 0 Å². The van der Waals surface area contributed by atoms with Crippen molar-refractivity contribution >= 4 is 34.6 Å². The van der Waals surface area contributed by atoms with Crippen molar-refractivity contribution < 1.29 is 4.74 Å². The Balaban J connectivity index is 2.01. The molecule has 0 aromatic heterocycles. The van der Waals surface area contributed by atoms with Crippen LogP contribution in [-0.4, -0.2) is 12.2 Å². The zero-order chi connectivity index (χ0) is 16.1. The third-order valence-electron chi connectivity index (χ3n) is 3.41. The molecule has 2 rings (SSSR count). The van der Waals surface area contributed by atoms with E-state index in [1.807, 2.05) is 18.2 Å². The molecule has 0 heterocycles. The number of hydrogen-bond donors (Lipinski definition) is 2. The monoisotopic (exact) mass is 334 g/mol. The number of nitrogens with one attached hydrogen (secondary N) is 2. The Hall–Kier alpha value is -1.78. The maximum absolute atomic E-state index is 6.11. The highest BCUT2D eigenvalue weighted by molar-refractivity contribution is 7.80. The van der Waals surface area contributed by atoms with Gasteiger partial charge in [0.25, 0.3) is 0 Å². The number of halogens is 1. The van der Waals surface area contributed by atoms with E-state index in [1.54, 1.807) is 19.2 Å². The molecule has 1 atom stereocenters. The van der Waals surface area contributed by atoms with E-state index in [2.05, 4.69) is 36.6 Å². The molecule has 0 unspecified atom stereocenters. The van der Waals surface area contributed by atoms with Gasteiger partial charge in [-0.15, -0.1) is 0 Å². The van der Waals surface area contributed by atoms with E-state index < -0.39 is 0 Å². The number of hydrogen-bond acceptors (Lipinski definition) is 2. The number of methoxy groups -OCH3 is 1. The van der Waals surface area contributed by atoms with Gasteiger partial charge in [0, 0.05) is 5.69 Å². The van der Waals surface area contributed by atoms with Gasteiger partial charge in [0.1, 0.15) is 5.75 Å². The van der Waals surface area contributed by atoms with Crippen LogP contribution in [0.1, 0.15) is 24.1 Å². The van der Waals surface area contributed by atoms with Gasteiger partial charge in [-0.1, -0.05) is 35.9 Å². The van der Waals surface area contributed by atoms with Gasteiger partial charge in [0.15, 0.2) is 5.11 Å². The summed E-state index contributed by atoms with van der Waals surface area (Å²) < 4.78 is 5.13. The van der Waals surface area contributed by atoms with Crippen LogP contribution in [0.25, 0.3) is 0 Å². The lowest BCUT2D eigenvalue weighted by molar-refractivity contribution is 0.415. The summed E-state index contributed by atoms with van der Waals surface area (Å²) in [6.45, 7) is 4.17. The molecule has 0 aliphatic rings. The molecule has 0 aliphatic carbocycles. The fourth-order valence-corrected chi connectivity index (χ4v) is 2.81. The Kier molecular flexibility index (Phi) is 5.63. The molecule has 0 radical (unpaired) electrons. The SMILES string of the molecule is COc1ccc(NC(=S)N[C@H](C)c2ccccc2C)cc1Cl. The molecule has 3 nitrogen and oxygen atoms in total. The second kappa shape index (κ2) is 7.47. The van der Waals surface area contributed by atoms with Crippen molar-refractivity contribution in [2.75, 3.05) is 12.4 Å². The van der Waals surface area contributed by atoms with E-state index in [9.17, 15) is 0 Å². The predicted molar refractivity (Wildman–Crippen MR) is 97.0 cm³/mol. The van der Waals surface area contributed by atoms with Crippen LogP contribution in [0.2, 0.25) is 5.02 Å². The molecule has 0 bridgehead atoms. The van der Waals surface area contributed by atoms with Crippen LogP contribution in [0.3, 0.4) is 0 Å². The van der Waals surface area contributed by atoms with Crippen LogP contribution in [0.15, 0.2) is 42.5 Å². The van der Waals surface area contributed by atoms with E-state index in [0.717, 1.165) is 5.69 Å². The highest BCUT2D eigenvalue weighted by Gasteiger charge is 2.10. The highest BCUT2D eigenvalue weighted by atomic mass is 35.5. The van der Waals surface area contributed by atoms with E-state index in [1.165, 1.54) is 11.1 Å². The van der Waals surface area contributed by atoms with Crippen molar-refractivity contribution in [1.82, 2.24) is 5.32 Å². The lowest BCUT2D eigenvalue weighted by atomic mass is 10.0. The summed E-state index contributed by atoms with van der Waals surface area (Å²) in [6.07, 6.45) is 0. The van der Waals surface area contributed by atoms with Crippen molar-refractivity contribution in [1.29, 1.82) is 0 Å². The van der Waals surface area contributed by atoms with Crippen LogP contribution >= 0.6 is 23.8 Å². The normalized spacial score (nSPS) is 11.6. The topological polar surface area (TPSA) is 33.3 Å². The number of benzene rings is 2. The molecule has 0 amide bonds. The summed E-state index contributed by atoms with van der Waals surface area (Å²) in [5.74, 6) is 0.638. The Bertz CT molecular complexity index is 675. The first-order valence-electron chi connectivity index (χ1n) is 6.98. The van der Waals surface area contributed by atoms with Gasteiger partial charge in [-0.05, 0) is 55.4 Å². The minimum Gasteiger partial charge on any atom is -0.495 e. The highest BCUT2D eigenvalue weighted by Crippen LogP contribution is 2.27. The zero-order valence-electron chi connectivity index (χ0n) is 12.8. The van der Waals surface area contributed by atoms with Crippen molar-refractivity contribution in [3.05, 3.63) is 58.6 Å². The van der Waals surface area contributed by atoms with E-state index in [-0.39, 0.29) is 6.04 Å². The van der Waals surface area contributed by atoms with Gasteiger partial charge >= 0.3 is 0 Å². The summed E-state index contributed by atoms with van der Waals surface area (Å²) in [5, 5.41) is 7.51. The summed E-state index contributed by atoms with van der Waals surface area (Å²) in [6, 6.07) is 13.8. The standard InChI is InChI=1S/C17H19ClN2OS/c1-11-6-4-5-7-14(11)12(2)19-17(22)20-13-8-9-16(21-3)15(18)10-13/h4-10,12H,1-3H3,(H2,19,20,22)/t12-/m1/s1. The molecule has 0 fully saturated rings. The lowest BCUT2D eigenvalue weighted by Gasteiger charge is -2.19. The predicted octanol–water partition coefficient (Wildman–Crippen LogP) is 4.70. The summed E-state index contributed by atoms with van der Waals surface area (Å²) >= 11 is 11.5. The molecule has 0 spiro atoms. The summed E-state index contributed by atoms with van der Waals surface area (Å²) in [7, 11) is 1.59. The molecule has 0 aliphatic heterocycles. The van der Waals surface area contributed by atoms with Crippen molar-refractivity contribution in [2.45, 2.75) is 19.9 Å². The second-order valence-electron chi connectivity index (χ2n) is 5.03. The van der Waals surface area contributed by atoms with Gasteiger partial charge in [-0.25, -0.2) is 0 Å². The van der Waals surface area contributed by atoms with Gasteiger partial charge < -0.3 is 15.4 Å². The quantitative estimate of drug-likeness (QED) is 0.794. The number of aryl methyl sites for hydroxylation is 1. The molecular weight excluding hydrogens is 316 g/mol. The number of anilines is 1. The molecule has 5 heteroatoms. The van der Waals surface area contributed by atoms with Crippen LogP contribution in [-0.2, 0) is 0 Å². The van der Waals surface area contributed by atoms with Crippen LogP contribution < -0.4 is 15.4 Å². The van der Waals surface area contributed by atoms with Gasteiger partial charge in [-0.2, -0.15) is 0 Å². The summed E-state index contributed by atoms with van der Waals surface area (Å²) in [5.41, 5.74) is 3.28. The Morgan fingerprint density at radius 3 is 2.59 bits per heavy atom. The first kappa shape index (κ1) is 16.6.